The Kier molecular flexibility index (Phi) is 7.15. The monoisotopic (exact) mass is 495 g/mol. The summed E-state index contributed by atoms with van der Waals surface area (Å²) < 4.78 is 30.1. The summed E-state index contributed by atoms with van der Waals surface area (Å²) in [6, 6.07) is 6.32. The molecule has 3 saturated heterocycles. The molecular weight excluding hydrogens is 458 g/mol. The first-order valence-corrected chi connectivity index (χ1v) is 14.1. The number of aliphatic hydroxyl groups is 1. The van der Waals surface area contributed by atoms with Crippen LogP contribution in [-0.4, -0.2) is 49.8 Å². The number of benzene rings is 1. The molecule has 8 nitrogen and oxygen atoms in total. The fourth-order valence-electron chi connectivity index (χ4n) is 6.15. The predicted molar refractivity (Wildman–Crippen MR) is 126 cm³/mol. The van der Waals surface area contributed by atoms with Crippen LogP contribution in [0, 0.1) is 23.7 Å². The number of sulfone groups is 1. The minimum Gasteiger partial charge on any atom is -0.393 e. The smallest absolute Gasteiger partial charge is 0.224 e. The molecule has 7 atom stereocenters. The lowest BCUT2D eigenvalue weighted by molar-refractivity contribution is -0.517. The normalized spacial score (nSPS) is 35.1. The van der Waals surface area contributed by atoms with Gasteiger partial charge in [-0.3, -0.25) is 4.79 Å². The second kappa shape index (κ2) is 9.50. The topological polar surface area (TPSA) is 111 Å². The maximum atomic E-state index is 12.6. The van der Waals surface area contributed by atoms with Crippen molar-refractivity contribution in [2.75, 3.05) is 18.2 Å². The molecule has 4 fully saturated rings. The lowest BCUT2D eigenvalue weighted by Crippen LogP contribution is -2.61. The molecule has 0 radical (unpaired) electrons. The summed E-state index contributed by atoms with van der Waals surface area (Å²) in [7, 11) is -3.47. The lowest BCUT2D eigenvalue weighted by atomic mass is 9.59. The zero-order valence-electron chi connectivity index (χ0n) is 20.5. The molecule has 1 aromatic carbocycles. The first-order chi connectivity index (χ1) is 16.0. The highest BCUT2D eigenvalue weighted by molar-refractivity contribution is 7.90. The van der Waals surface area contributed by atoms with Gasteiger partial charge in [-0.05, 0) is 68.4 Å². The minimum absolute atomic E-state index is 0.0420. The molecule has 0 aromatic heterocycles. The summed E-state index contributed by atoms with van der Waals surface area (Å²) in [5.74, 6) is -0.354. The van der Waals surface area contributed by atoms with Crippen LogP contribution in [0.5, 0.6) is 0 Å². The number of carbonyl (C=O) groups excluding carboxylic acids is 1. The Morgan fingerprint density at radius 1 is 1.24 bits per heavy atom. The lowest BCUT2D eigenvalue weighted by Gasteiger charge is -2.53. The molecule has 1 spiro atoms. The number of anilines is 1. The van der Waals surface area contributed by atoms with Crippen LogP contribution in [0.25, 0.3) is 0 Å². The van der Waals surface area contributed by atoms with Gasteiger partial charge in [-0.1, -0.05) is 26.0 Å². The van der Waals surface area contributed by atoms with E-state index in [9.17, 15) is 18.3 Å². The Bertz CT molecular complexity index is 1000. The number of aliphatic hydroxyl groups excluding tert-OH is 1. The summed E-state index contributed by atoms with van der Waals surface area (Å²) in [5, 5.41) is 13.7. The highest BCUT2D eigenvalue weighted by atomic mass is 32.2. The number of ether oxygens (including phenoxy) is 1. The molecule has 1 amide bonds. The maximum absolute atomic E-state index is 12.6. The number of nitrogens with one attached hydrogen (secondary N) is 1. The standard InChI is InChI=1S/C25H37NO7S/c1-16-9-10-19(25-15-31-24(3,32-33-25)14-13-18(16)25)17(2)21(27)11-12-23(28)26-20-7-5-6-8-22(20)34(4,29)30/h5-8,16-19,21,27H,9-15H2,1-4H3,(H,26,28)/t16-,17-,18+,19+,21-,24-,25-/m1/s1. The Hall–Kier alpha value is -1.52. The average Bonchev–Trinajstić information content (AvgIpc) is 3.04. The van der Waals surface area contributed by atoms with Gasteiger partial charge in [0.25, 0.3) is 0 Å². The molecule has 3 aliphatic heterocycles. The summed E-state index contributed by atoms with van der Waals surface area (Å²) >= 11 is 0. The molecule has 34 heavy (non-hydrogen) atoms. The van der Waals surface area contributed by atoms with Crippen molar-refractivity contribution in [3.05, 3.63) is 24.3 Å². The molecule has 2 N–H and O–H groups in total. The maximum Gasteiger partial charge on any atom is 0.224 e. The molecule has 2 bridgehead atoms. The van der Waals surface area contributed by atoms with E-state index in [1.165, 1.54) is 6.07 Å². The first-order valence-electron chi connectivity index (χ1n) is 12.2. The molecule has 4 aliphatic rings. The predicted octanol–water partition coefficient (Wildman–Crippen LogP) is 3.70. The molecule has 190 valence electrons. The summed E-state index contributed by atoms with van der Waals surface area (Å²) in [4.78, 5) is 24.5. The van der Waals surface area contributed by atoms with E-state index >= 15 is 0 Å². The van der Waals surface area contributed by atoms with Gasteiger partial charge in [0.15, 0.2) is 15.6 Å². The summed E-state index contributed by atoms with van der Waals surface area (Å²) in [6.07, 6.45) is 4.42. The van der Waals surface area contributed by atoms with Crippen LogP contribution in [0.3, 0.4) is 0 Å². The summed E-state index contributed by atoms with van der Waals surface area (Å²) in [5.41, 5.74) is -0.336. The quantitative estimate of drug-likeness (QED) is 0.555. The van der Waals surface area contributed by atoms with E-state index < -0.39 is 27.3 Å². The van der Waals surface area contributed by atoms with E-state index in [4.69, 9.17) is 14.5 Å². The van der Waals surface area contributed by atoms with Gasteiger partial charge in [0.05, 0.1) is 23.3 Å². The number of hydrogen-bond acceptors (Lipinski definition) is 7. The van der Waals surface area contributed by atoms with Crippen molar-refractivity contribution in [2.45, 2.75) is 81.7 Å². The van der Waals surface area contributed by atoms with Gasteiger partial charge in [-0.2, -0.15) is 0 Å². The molecule has 1 aliphatic carbocycles. The van der Waals surface area contributed by atoms with E-state index in [0.717, 1.165) is 31.9 Å². The average molecular weight is 496 g/mol. The van der Waals surface area contributed by atoms with E-state index in [-0.39, 0.29) is 41.2 Å². The van der Waals surface area contributed by atoms with E-state index in [1.807, 2.05) is 13.8 Å². The molecule has 5 rings (SSSR count). The van der Waals surface area contributed by atoms with Crippen molar-refractivity contribution in [2.24, 2.45) is 23.7 Å². The Morgan fingerprint density at radius 2 is 1.97 bits per heavy atom. The highest BCUT2D eigenvalue weighted by Crippen LogP contribution is 2.55. The van der Waals surface area contributed by atoms with Gasteiger partial charge >= 0.3 is 0 Å². The molecule has 1 aromatic rings. The van der Waals surface area contributed by atoms with Crippen LogP contribution in [0.2, 0.25) is 0 Å². The van der Waals surface area contributed by atoms with Crippen molar-refractivity contribution in [1.82, 2.24) is 0 Å². The zero-order chi connectivity index (χ0) is 24.7. The van der Waals surface area contributed by atoms with Gasteiger partial charge in [-0.25, -0.2) is 18.2 Å². The largest absolute Gasteiger partial charge is 0.393 e. The Labute approximate surface area is 202 Å². The third kappa shape index (κ3) is 4.91. The number of para-hydroxylation sites is 1. The fraction of sp³-hybridized carbons (Fsp3) is 0.720. The first kappa shape index (κ1) is 25.6. The SMILES string of the molecule is C[C@@H]([C@H](O)CCC(=O)Nc1ccccc1S(C)(=O)=O)[C@@H]1CC[C@@H](C)[C@@H]2CC[C@]3(C)OC[C@]12OO3. The third-order valence-electron chi connectivity index (χ3n) is 8.23. The summed E-state index contributed by atoms with van der Waals surface area (Å²) in [6.45, 7) is 6.63. The van der Waals surface area contributed by atoms with Crippen LogP contribution < -0.4 is 5.32 Å². The zero-order valence-corrected chi connectivity index (χ0v) is 21.3. The van der Waals surface area contributed by atoms with Gasteiger partial charge < -0.3 is 15.2 Å². The van der Waals surface area contributed by atoms with Gasteiger partial charge in [0.2, 0.25) is 5.91 Å². The van der Waals surface area contributed by atoms with Gasteiger partial charge in [0.1, 0.15) is 5.60 Å². The van der Waals surface area contributed by atoms with Crippen molar-refractivity contribution < 1.29 is 32.8 Å². The highest BCUT2D eigenvalue weighted by Gasteiger charge is 2.61. The van der Waals surface area contributed by atoms with Crippen LogP contribution in [-0.2, 0) is 29.1 Å². The minimum atomic E-state index is -3.47. The van der Waals surface area contributed by atoms with Gasteiger partial charge in [0, 0.05) is 19.1 Å². The number of fused-ring (bicyclic) bond motifs is 3. The van der Waals surface area contributed by atoms with Crippen LogP contribution in [0.1, 0.15) is 59.3 Å². The second-order valence-corrected chi connectivity index (χ2v) is 12.6. The van der Waals surface area contributed by atoms with Crippen LogP contribution >= 0.6 is 0 Å². The fourth-order valence-corrected chi connectivity index (χ4v) is 6.99. The second-order valence-electron chi connectivity index (χ2n) is 10.6. The molecule has 1 saturated carbocycles. The van der Waals surface area contributed by atoms with Crippen molar-refractivity contribution >= 4 is 21.4 Å². The van der Waals surface area contributed by atoms with Crippen LogP contribution in [0.4, 0.5) is 5.69 Å². The van der Waals surface area contributed by atoms with E-state index in [2.05, 4.69) is 12.2 Å². The molecule has 9 heteroatoms. The van der Waals surface area contributed by atoms with E-state index in [1.54, 1.807) is 18.2 Å². The molecular formula is C25H37NO7S. The Morgan fingerprint density at radius 3 is 2.65 bits per heavy atom. The Balaban J connectivity index is 1.41. The van der Waals surface area contributed by atoms with E-state index in [0.29, 0.717) is 18.4 Å². The number of rotatable bonds is 7. The number of amides is 1. The van der Waals surface area contributed by atoms with Crippen LogP contribution in [0.15, 0.2) is 29.2 Å². The van der Waals surface area contributed by atoms with Crippen molar-refractivity contribution in [3.63, 3.8) is 0 Å². The third-order valence-corrected chi connectivity index (χ3v) is 9.39. The van der Waals surface area contributed by atoms with Crippen molar-refractivity contribution in [3.8, 4) is 0 Å². The number of carbonyl (C=O) groups is 1. The number of hydrogen-bond donors (Lipinski definition) is 2. The molecule has 0 unspecified atom stereocenters. The van der Waals surface area contributed by atoms with Gasteiger partial charge in [-0.15, -0.1) is 0 Å². The molecule has 3 heterocycles. The van der Waals surface area contributed by atoms with Crippen molar-refractivity contribution in [1.29, 1.82) is 0 Å².